The summed E-state index contributed by atoms with van der Waals surface area (Å²) in [5, 5.41) is 14.8. The van der Waals surface area contributed by atoms with Crippen molar-refractivity contribution in [2.24, 2.45) is 0 Å². The molecule has 1 aliphatic heterocycles. The molecular weight excluding hydrogens is 378 g/mol. The van der Waals surface area contributed by atoms with Gasteiger partial charge in [-0.3, -0.25) is 14.7 Å². The van der Waals surface area contributed by atoms with E-state index < -0.39 is 5.54 Å². The van der Waals surface area contributed by atoms with Crippen LogP contribution in [0.2, 0.25) is 0 Å². The van der Waals surface area contributed by atoms with Crippen molar-refractivity contribution in [3.63, 3.8) is 0 Å². The van der Waals surface area contributed by atoms with Gasteiger partial charge in [0.15, 0.2) is 5.82 Å². The van der Waals surface area contributed by atoms with Crippen LogP contribution in [0.1, 0.15) is 54.5 Å². The number of rotatable bonds is 4. The van der Waals surface area contributed by atoms with E-state index in [0.717, 1.165) is 35.9 Å². The normalized spacial score (nSPS) is 22.4. The molecule has 2 fully saturated rings. The number of carbonyl (C=O) groups excluding carboxylic acids is 1. The number of hydrogen-bond donors (Lipinski definition) is 0. The Morgan fingerprint density at radius 2 is 1.97 bits per heavy atom. The zero-order chi connectivity index (χ0) is 20.7. The summed E-state index contributed by atoms with van der Waals surface area (Å²) < 4.78 is 2.02. The largest absolute Gasteiger partial charge is 0.335 e. The third-order valence-corrected chi connectivity index (χ3v) is 6.85. The third-order valence-electron chi connectivity index (χ3n) is 6.85. The van der Waals surface area contributed by atoms with Crippen LogP contribution in [0.25, 0.3) is 10.8 Å². The van der Waals surface area contributed by atoms with E-state index in [-0.39, 0.29) is 5.91 Å². The predicted octanol–water partition coefficient (Wildman–Crippen LogP) is 2.64. The van der Waals surface area contributed by atoms with Crippen molar-refractivity contribution in [2.45, 2.75) is 43.7 Å². The summed E-state index contributed by atoms with van der Waals surface area (Å²) in [6.45, 7) is 1.20. The molecule has 1 unspecified atom stereocenters. The summed E-state index contributed by atoms with van der Waals surface area (Å²) in [7, 11) is 4.11. The highest BCUT2D eigenvalue weighted by Gasteiger charge is 2.48. The summed E-state index contributed by atoms with van der Waals surface area (Å²) in [4.78, 5) is 22.0. The minimum Gasteiger partial charge on any atom is -0.335 e. The monoisotopic (exact) mass is 405 g/mol. The van der Waals surface area contributed by atoms with E-state index in [1.165, 1.54) is 12.8 Å². The highest BCUT2D eigenvalue weighted by atomic mass is 16.2. The van der Waals surface area contributed by atoms with Crippen molar-refractivity contribution in [1.29, 1.82) is 0 Å². The number of pyridine rings is 1. The van der Waals surface area contributed by atoms with Crippen LogP contribution in [0, 0.1) is 0 Å². The van der Waals surface area contributed by atoms with E-state index in [1.54, 1.807) is 6.20 Å². The Kier molecular flexibility index (Phi) is 4.73. The standard InChI is InChI=1S/C22H27N7O/c1-27(2)22(21-24-25-26-29(21)17-8-4-5-9-17)12-14-28(15-22)20(30)19-18-10-6-3-7-16(18)11-13-23-19/h3,6-7,10-11,13,17H,4-5,8-9,12,14-15H2,1-2H3. The van der Waals surface area contributed by atoms with E-state index >= 15 is 0 Å². The SMILES string of the molecule is CN(C)C1(c2nnnn2C2CCCC2)CCN(C(=O)c2nccc3ccccc23)C1. The lowest BCUT2D eigenvalue weighted by molar-refractivity contribution is 0.0734. The number of benzene rings is 1. The first-order valence-corrected chi connectivity index (χ1v) is 10.7. The molecule has 0 spiro atoms. The molecule has 1 saturated carbocycles. The van der Waals surface area contributed by atoms with E-state index in [4.69, 9.17) is 0 Å². The van der Waals surface area contributed by atoms with Crippen molar-refractivity contribution in [3.05, 3.63) is 48.0 Å². The molecule has 1 aromatic carbocycles. The van der Waals surface area contributed by atoms with Crippen LogP contribution < -0.4 is 0 Å². The zero-order valence-electron chi connectivity index (χ0n) is 17.5. The molecule has 8 nitrogen and oxygen atoms in total. The van der Waals surface area contributed by atoms with Gasteiger partial charge in [0.2, 0.25) is 0 Å². The molecular formula is C22H27N7O. The Balaban J connectivity index is 1.48. The van der Waals surface area contributed by atoms with E-state index in [1.807, 2.05) is 39.9 Å². The van der Waals surface area contributed by atoms with Crippen LogP contribution in [-0.4, -0.2) is 68.1 Å². The number of likely N-dealkylation sites (tertiary alicyclic amines) is 1. The lowest BCUT2D eigenvalue weighted by Gasteiger charge is -2.35. The van der Waals surface area contributed by atoms with Gasteiger partial charge in [-0.15, -0.1) is 5.10 Å². The van der Waals surface area contributed by atoms with Crippen LogP contribution >= 0.6 is 0 Å². The topological polar surface area (TPSA) is 80.0 Å². The quantitative estimate of drug-likeness (QED) is 0.664. The zero-order valence-corrected chi connectivity index (χ0v) is 17.5. The first kappa shape index (κ1) is 19.1. The lowest BCUT2D eigenvalue weighted by atomic mass is 9.95. The average Bonchev–Trinajstić information content (AvgIpc) is 3.52. The smallest absolute Gasteiger partial charge is 0.273 e. The molecule has 2 aromatic heterocycles. The van der Waals surface area contributed by atoms with Crippen LogP contribution in [0.3, 0.4) is 0 Å². The molecule has 5 rings (SSSR count). The first-order valence-electron chi connectivity index (χ1n) is 10.7. The Morgan fingerprint density at radius 3 is 2.77 bits per heavy atom. The minimum absolute atomic E-state index is 0.0320. The molecule has 0 radical (unpaired) electrons. The van der Waals surface area contributed by atoms with Gasteiger partial charge < -0.3 is 4.90 Å². The van der Waals surface area contributed by atoms with Crippen molar-refractivity contribution in [3.8, 4) is 0 Å². The average molecular weight is 406 g/mol. The Hall–Kier alpha value is -2.87. The molecule has 1 saturated heterocycles. The number of nitrogens with zero attached hydrogens (tertiary/aromatic N) is 7. The fraction of sp³-hybridized carbons (Fsp3) is 0.500. The second-order valence-corrected chi connectivity index (χ2v) is 8.67. The number of aromatic nitrogens is 5. The predicted molar refractivity (Wildman–Crippen MR) is 113 cm³/mol. The van der Waals surface area contributed by atoms with Gasteiger partial charge in [0.05, 0.1) is 6.04 Å². The number of tetrazole rings is 1. The third kappa shape index (κ3) is 2.98. The van der Waals surface area contributed by atoms with Gasteiger partial charge in [-0.05, 0) is 55.2 Å². The molecule has 2 aliphatic rings. The van der Waals surface area contributed by atoms with Crippen LogP contribution in [-0.2, 0) is 5.54 Å². The second-order valence-electron chi connectivity index (χ2n) is 8.67. The van der Waals surface area contributed by atoms with E-state index in [2.05, 4.69) is 39.5 Å². The summed E-state index contributed by atoms with van der Waals surface area (Å²) in [6, 6.07) is 10.2. The van der Waals surface area contributed by atoms with Crippen molar-refractivity contribution >= 4 is 16.7 Å². The molecule has 3 aromatic rings. The maximum absolute atomic E-state index is 13.5. The van der Waals surface area contributed by atoms with E-state index in [0.29, 0.717) is 24.8 Å². The van der Waals surface area contributed by atoms with Crippen LogP contribution in [0.4, 0.5) is 0 Å². The van der Waals surface area contributed by atoms with Crippen LogP contribution in [0.15, 0.2) is 36.5 Å². The van der Waals surface area contributed by atoms with Crippen molar-refractivity contribution in [1.82, 2.24) is 35.0 Å². The molecule has 0 bridgehead atoms. The Bertz CT molecular complexity index is 1070. The maximum atomic E-state index is 13.5. The van der Waals surface area contributed by atoms with Crippen molar-refractivity contribution in [2.75, 3.05) is 27.2 Å². The highest BCUT2D eigenvalue weighted by molar-refractivity contribution is 6.05. The first-order chi connectivity index (χ1) is 14.6. The van der Waals surface area contributed by atoms with Gasteiger partial charge in [0.1, 0.15) is 11.2 Å². The summed E-state index contributed by atoms with van der Waals surface area (Å²) in [5.41, 5.74) is 0.116. The second kappa shape index (κ2) is 7.43. The molecule has 156 valence electrons. The van der Waals surface area contributed by atoms with Gasteiger partial charge in [-0.25, -0.2) is 4.68 Å². The molecule has 1 amide bonds. The number of amides is 1. The summed E-state index contributed by atoms with van der Waals surface area (Å²) in [5.74, 6) is 0.844. The molecule has 0 N–H and O–H groups in total. The molecule has 1 atom stereocenters. The minimum atomic E-state index is -0.396. The lowest BCUT2D eigenvalue weighted by Crippen LogP contribution is -2.47. The molecule has 30 heavy (non-hydrogen) atoms. The molecule has 8 heteroatoms. The van der Waals surface area contributed by atoms with Crippen LogP contribution in [0.5, 0.6) is 0 Å². The Morgan fingerprint density at radius 1 is 1.17 bits per heavy atom. The van der Waals surface area contributed by atoms with Crippen molar-refractivity contribution < 1.29 is 4.79 Å². The molecule has 1 aliphatic carbocycles. The highest BCUT2D eigenvalue weighted by Crippen LogP contribution is 2.39. The van der Waals surface area contributed by atoms with Gasteiger partial charge in [-0.1, -0.05) is 37.1 Å². The number of likely N-dealkylation sites (N-methyl/N-ethyl adjacent to an activating group) is 1. The number of carbonyl (C=O) groups is 1. The summed E-state index contributed by atoms with van der Waals surface area (Å²) >= 11 is 0. The fourth-order valence-corrected chi connectivity index (χ4v) is 5.05. The van der Waals surface area contributed by atoms with Gasteiger partial charge in [0.25, 0.3) is 5.91 Å². The van der Waals surface area contributed by atoms with Gasteiger partial charge in [-0.2, -0.15) is 0 Å². The number of fused-ring (bicyclic) bond motifs is 1. The van der Waals surface area contributed by atoms with Gasteiger partial charge >= 0.3 is 0 Å². The van der Waals surface area contributed by atoms with Gasteiger partial charge in [0, 0.05) is 24.7 Å². The summed E-state index contributed by atoms with van der Waals surface area (Å²) in [6.07, 6.45) is 7.18. The Labute approximate surface area is 175 Å². The maximum Gasteiger partial charge on any atom is 0.273 e. The number of hydrogen-bond acceptors (Lipinski definition) is 6. The molecule has 3 heterocycles. The fourth-order valence-electron chi connectivity index (χ4n) is 5.05. The van der Waals surface area contributed by atoms with E-state index in [9.17, 15) is 4.79 Å².